The zero-order valence-electron chi connectivity index (χ0n) is 34.4. The first kappa shape index (κ1) is 37.1. The van der Waals surface area contributed by atoms with E-state index in [2.05, 4.69) is 224 Å². The van der Waals surface area contributed by atoms with Crippen LogP contribution in [0, 0.1) is 0 Å². The molecule has 60 heavy (non-hydrogen) atoms. The Morgan fingerprint density at radius 2 is 1.35 bits per heavy atom. The van der Waals surface area contributed by atoms with Crippen molar-refractivity contribution in [3.63, 3.8) is 0 Å². The highest BCUT2D eigenvalue weighted by Crippen LogP contribution is 2.51. The zero-order valence-corrected chi connectivity index (χ0v) is 34.4. The first-order valence-electron chi connectivity index (χ1n) is 21.0. The Morgan fingerprint density at radius 3 is 2.07 bits per heavy atom. The number of pyridine rings is 1. The Balaban J connectivity index is 1.33. The summed E-state index contributed by atoms with van der Waals surface area (Å²) in [4.78, 5) is 4.28. The van der Waals surface area contributed by atoms with Crippen molar-refractivity contribution in [2.24, 2.45) is 0 Å². The highest BCUT2D eigenvalue weighted by molar-refractivity contribution is 6.19. The second-order valence-corrected chi connectivity index (χ2v) is 16.3. The molecule has 0 saturated carbocycles. The molecule has 0 amide bonds. The van der Waals surface area contributed by atoms with Crippen LogP contribution in [-0.4, -0.2) is 9.66 Å². The van der Waals surface area contributed by atoms with Crippen molar-refractivity contribution in [1.29, 1.82) is 0 Å². The van der Waals surface area contributed by atoms with Crippen LogP contribution in [0.5, 0.6) is 0 Å². The summed E-state index contributed by atoms with van der Waals surface area (Å²) in [5.74, 6) is 0. The fourth-order valence-corrected chi connectivity index (χ4v) is 9.25. The molecule has 2 aromatic heterocycles. The first-order chi connectivity index (χ1) is 29.4. The number of benzene rings is 6. The second-order valence-electron chi connectivity index (χ2n) is 16.3. The summed E-state index contributed by atoms with van der Waals surface area (Å²) in [7, 11) is 0. The summed E-state index contributed by atoms with van der Waals surface area (Å²) >= 11 is 0. The van der Waals surface area contributed by atoms with Gasteiger partial charge in [0.15, 0.2) is 0 Å². The molecule has 2 heterocycles. The summed E-state index contributed by atoms with van der Waals surface area (Å²) in [6.07, 6.45) is 19.2. The van der Waals surface area contributed by atoms with Crippen LogP contribution in [0.15, 0.2) is 207 Å². The average Bonchev–Trinajstić information content (AvgIpc) is 3.73. The van der Waals surface area contributed by atoms with Crippen molar-refractivity contribution < 1.29 is 0 Å². The molecule has 8 aromatic rings. The number of rotatable bonds is 8. The number of anilines is 2. The van der Waals surface area contributed by atoms with Crippen LogP contribution in [-0.2, 0) is 5.41 Å². The molecule has 3 heteroatoms. The van der Waals surface area contributed by atoms with Crippen LogP contribution < -0.4 is 5.01 Å². The number of allylic oxidation sites excluding steroid dienone is 9. The number of aromatic nitrogens is 2. The molecular weight excluding hydrogens is 727 g/mol. The minimum absolute atomic E-state index is 0.260. The van der Waals surface area contributed by atoms with E-state index in [-0.39, 0.29) is 5.41 Å². The van der Waals surface area contributed by atoms with Gasteiger partial charge >= 0.3 is 0 Å². The predicted octanol–water partition coefficient (Wildman–Crippen LogP) is 15.3. The van der Waals surface area contributed by atoms with Crippen LogP contribution in [0.2, 0.25) is 0 Å². The second kappa shape index (κ2) is 15.2. The topological polar surface area (TPSA) is 21.1 Å². The SMILES string of the molecule is C=C1/C(=C\C=C/C)c2ccc(N(c3ccc(-c4ccncc4)cc3)n3c4cccc(-c5ccccc5)c4c4cc(-c5ccccc5)cc(C5=CCCC=C5)c43)cc2C1(C)C. The molecule has 10 rings (SSSR count). The van der Waals surface area contributed by atoms with Gasteiger partial charge in [0.05, 0.1) is 22.4 Å². The van der Waals surface area contributed by atoms with E-state index in [9.17, 15) is 0 Å². The van der Waals surface area contributed by atoms with Gasteiger partial charge in [0.2, 0.25) is 0 Å². The molecule has 290 valence electrons. The summed E-state index contributed by atoms with van der Waals surface area (Å²) < 4.78 is 2.50. The van der Waals surface area contributed by atoms with Crippen molar-refractivity contribution in [2.45, 2.75) is 39.0 Å². The molecule has 0 radical (unpaired) electrons. The number of hydrogen-bond acceptors (Lipinski definition) is 2. The van der Waals surface area contributed by atoms with Gasteiger partial charge in [0.1, 0.15) is 0 Å². The minimum atomic E-state index is -0.260. The predicted molar refractivity (Wildman–Crippen MR) is 255 cm³/mol. The first-order valence-corrected chi connectivity index (χ1v) is 21.0. The van der Waals surface area contributed by atoms with Gasteiger partial charge < -0.3 is 0 Å². The number of hydrogen-bond donors (Lipinski definition) is 0. The Kier molecular flexibility index (Phi) is 9.38. The van der Waals surface area contributed by atoms with Gasteiger partial charge in [-0.3, -0.25) is 4.98 Å². The molecule has 0 fully saturated rings. The molecule has 6 aromatic carbocycles. The third-order valence-electron chi connectivity index (χ3n) is 12.4. The van der Waals surface area contributed by atoms with Crippen LogP contribution in [0.1, 0.15) is 50.3 Å². The summed E-state index contributed by atoms with van der Waals surface area (Å²) in [5.41, 5.74) is 18.6. The van der Waals surface area contributed by atoms with E-state index in [4.69, 9.17) is 0 Å². The summed E-state index contributed by atoms with van der Waals surface area (Å²) in [6, 6.07) is 53.5. The van der Waals surface area contributed by atoms with Crippen molar-refractivity contribution in [3.05, 3.63) is 223 Å². The van der Waals surface area contributed by atoms with E-state index in [1.54, 1.807) is 0 Å². The van der Waals surface area contributed by atoms with Crippen molar-refractivity contribution in [3.8, 4) is 33.4 Å². The van der Waals surface area contributed by atoms with Gasteiger partial charge in [-0.2, -0.15) is 0 Å². The smallest absolute Gasteiger partial charge is 0.0795 e. The molecule has 2 aliphatic rings. The van der Waals surface area contributed by atoms with Gasteiger partial charge in [-0.05, 0) is 136 Å². The van der Waals surface area contributed by atoms with Gasteiger partial charge in [0.25, 0.3) is 0 Å². The van der Waals surface area contributed by atoms with Gasteiger partial charge in [-0.15, -0.1) is 0 Å². The molecule has 0 spiro atoms. The molecule has 2 aliphatic carbocycles. The van der Waals surface area contributed by atoms with Crippen LogP contribution in [0.3, 0.4) is 0 Å². The highest BCUT2D eigenvalue weighted by Gasteiger charge is 2.37. The summed E-state index contributed by atoms with van der Waals surface area (Å²) in [6.45, 7) is 11.3. The zero-order chi connectivity index (χ0) is 40.8. The third kappa shape index (κ3) is 6.26. The van der Waals surface area contributed by atoms with E-state index in [0.29, 0.717) is 0 Å². The number of fused-ring (bicyclic) bond motifs is 4. The Bertz CT molecular complexity index is 3050. The maximum Gasteiger partial charge on any atom is 0.0795 e. The monoisotopic (exact) mass is 773 g/mol. The van der Waals surface area contributed by atoms with E-state index in [1.807, 2.05) is 12.4 Å². The lowest BCUT2D eigenvalue weighted by atomic mass is 9.83. The molecule has 0 bridgehead atoms. The Labute approximate surface area is 353 Å². The summed E-state index contributed by atoms with van der Waals surface area (Å²) in [5, 5.41) is 4.88. The lowest BCUT2D eigenvalue weighted by Gasteiger charge is -2.31. The molecule has 0 aliphatic heterocycles. The van der Waals surface area contributed by atoms with Crippen LogP contribution in [0.4, 0.5) is 11.4 Å². The lowest BCUT2D eigenvalue weighted by molar-refractivity contribution is 0.662. The fourth-order valence-electron chi connectivity index (χ4n) is 9.25. The average molecular weight is 774 g/mol. The van der Waals surface area contributed by atoms with Crippen molar-refractivity contribution >= 4 is 44.3 Å². The quantitative estimate of drug-likeness (QED) is 0.153. The molecule has 0 atom stereocenters. The minimum Gasteiger partial charge on any atom is -0.265 e. The van der Waals surface area contributed by atoms with Crippen LogP contribution >= 0.6 is 0 Å². The lowest BCUT2D eigenvalue weighted by Crippen LogP contribution is -2.25. The fraction of sp³-hybridized carbons (Fsp3) is 0.105. The molecule has 0 N–H and O–H groups in total. The Morgan fingerprint density at radius 1 is 0.650 bits per heavy atom. The van der Waals surface area contributed by atoms with E-state index >= 15 is 0 Å². The van der Waals surface area contributed by atoms with E-state index < -0.39 is 0 Å². The van der Waals surface area contributed by atoms with E-state index in [0.717, 1.165) is 46.4 Å². The maximum absolute atomic E-state index is 4.66. The largest absolute Gasteiger partial charge is 0.265 e. The standard InChI is InChI=1S/C57H47N3/c1-5-6-23-48-39(2)57(3,4)53-38-47(30-31-50(48)53)59(46-28-26-41(27-29-46)42-32-34-58-35-33-42)60-54-25-16-24-49(43-19-12-8-13-20-43)55(54)52-37-45(40-17-10-7-11-18-40)36-51(56(52)60)44-21-14-9-15-22-44/h5-8,10-14,16-38H,2,9,15H2,1,3-4H3/b6-5-,48-23+. The van der Waals surface area contributed by atoms with Crippen LogP contribution in [0.25, 0.3) is 66.3 Å². The van der Waals surface area contributed by atoms with Gasteiger partial charge in [-0.25, -0.2) is 9.69 Å². The van der Waals surface area contributed by atoms with Crippen molar-refractivity contribution in [1.82, 2.24) is 9.66 Å². The number of nitrogens with zero attached hydrogens (tertiary/aromatic N) is 3. The molecule has 0 saturated heterocycles. The molecule has 0 unspecified atom stereocenters. The Hall–Kier alpha value is -7.23. The maximum atomic E-state index is 4.66. The van der Waals surface area contributed by atoms with Gasteiger partial charge in [0, 0.05) is 34.1 Å². The van der Waals surface area contributed by atoms with Gasteiger partial charge in [-0.1, -0.05) is 148 Å². The molecule has 3 nitrogen and oxygen atoms in total. The third-order valence-corrected chi connectivity index (χ3v) is 12.4. The molecular formula is C57H47N3. The highest BCUT2D eigenvalue weighted by atomic mass is 15.6. The normalized spacial score (nSPS) is 15.3. The van der Waals surface area contributed by atoms with E-state index in [1.165, 1.54) is 66.4 Å². The van der Waals surface area contributed by atoms with Crippen molar-refractivity contribution in [2.75, 3.05) is 5.01 Å².